The minimum Gasteiger partial charge on any atom is -0.352 e. The van der Waals surface area contributed by atoms with E-state index < -0.39 is 5.41 Å². The molecule has 5 nitrogen and oxygen atoms in total. The van der Waals surface area contributed by atoms with Crippen LogP contribution in [0.1, 0.15) is 36.5 Å². The first-order chi connectivity index (χ1) is 13.5. The van der Waals surface area contributed by atoms with Gasteiger partial charge in [0.2, 0.25) is 5.91 Å². The van der Waals surface area contributed by atoms with Crippen molar-refractivity contribution in [2.45, 2.75) is 39.8 Å². The second-order valence-electron chi connectivity index (χ2n) is 7.86. The summed E-state index contributed by atoms with van der Waals surface area (Å²) < 4.78 is 0. The molecule has 0 radical (unpaired) electrons. The van der Waals surface area contributed by atoms with Gasteiger partial charge in [-0.25, -0.2) is 4.79 Å². The van der Waals surface area contributed by atoms with E-state index in [1.54, 1.807) is 4.90 Å². The topological polar surface area (TPSA) is 61.4 Å². The van der Waals surface area contributed by atoms with Gasteiger partial charge in [-0.1, -0.05) is 67.1 Å². The van der Waals surface area contributed by atoms with Crippen molar-refractivity contribution in [1.29, 1.82) is 0 Å². The molecule has 148 valence electrons. The summed E-state index contributed by atoms with van der Waals surface area (Å²) in [6.45, 7) is 6.29. The highest BCUT2D eigenvalue weighted by Crippen LogP contribution is 2.31. The lowest BCUT2D eigenvalue weighted by atomic mass is 9.79. The molecule has 2 aromatic carbocycles. The molecule has 0 aliphatic carbocycles. The number of carbonyl (C=O) groups is 2. The Morgan fingerprint density at radius 2 is 1.46 bits per heavy atom. The standard InChI is InChI=1S/C23H29N3O2/c1-18-8-10-20(11-9-18)16-24-21(27)23(2)12-14-26(15-13-23)22(28)25-17-19-6-4-3-5-7-19/h3-11H,12-17H2,1-2H3,(H,24,27)(H,25,28). The Labute approximate surface area is 167 Å². The van der Waals surface area contributed by atoms with Crippen LogP contribution in [-0.4, -0.2) is 29.9 Å². The number of piperidine rings is 1. The van der Waals surface area contributed by atoms with Crippen LogP contribution in [-0.2, 0) is 17.9 Å². The van der Waals surface area contributed by atoms with E-state index in [1.165, 1.54) is 5.56 Å². The van der Waals surface area contributed by atoms with Crippen LogP contribution in [0.15, 0.2) is 54.6 Å². The zero-order chi connectivity index (χ0) is 20.0. The fourth-order valence-corrected chi connectivity index (χ4v) is 3.42. The van der Waals surface area contributed by atoms with E-state index in [-0.39, 0.29) is 11.9 Å². The van der Waals surface area contributed by atoms with Crippen LogP contribution < -0.4 is 10.6 Å². The van der Waals surface area contributed by atoms with Gasteiger partial charge in [0.25, 0.3) is 0 Å². The van der Waals surface area contributed by atoms with E-state index in [4.69, 9.17) is 0 Å². The van der Waals surface area contributed by atoms with Crippen molar-refractivity contribution in [3.8, 4) is 0 Å². The van der Waals surface area contributed by atoms with Gasteiger partial charge in [0.15, 0.2) is 0 Å². The molecule has 1 aliphatic heterocycles. The molecule has 0 unspecified atom stereocenters. The summed E-state index contributed by atoms with van der Waals surface area (Å²) in [7, 11) is 0. The number of carbonyl (C=O) groups excluding carboxylic acids is 2. The van der Waals surface area contributed by atoms with Gasteiger partial charge in [0, 0.05) is 31.6 Å². The quantitative estimate of drug-likeness (QED) is 0.833. The second-order valence-corrected chi connectivity index (χ2v) is 7.86. The van der Waals surface area contributed by atoms with Crippen molar-refractivity contribution in [3.05, 3.63) is 71.3 Å². The molecule has 1 aliphatic rings. The van der Waals surface area contributed by atoms with E-state index in [0.29, 0.717) is 39.0 Å². The van der Waals surface area contributed by atoms with E-state index in [0.717, 1.165) is 11.1 Å². The summed E-state index contributed by atoms with van der Waals surface area (Å²) in [5, 5.41) is 6.02. The molecule has 1 heterocycles. The SMILES string of the molecule is Cc1ccc(CNC(=O)C2(C)CCN(C(=O)NCc3ccccc3)CC2)cc1. The summed E-state index contributed by atoms with van der Waals surface area (Å²) in [6.07, 6.45) is 1.34. The molecule has 1 saturated heterocycles. The van der Waals surface area contributed by atoms with Crippen molar-refractivity contribution in [2.75, 3.05) is 13.1 Å². The van der Waals surface area contributed by atoms with Crippen molar-refractivity contribution >= 4 is 11.9 Å². The monoisotopic (exact) mass is 379 g/mol. The van der Waals surface area contributed by atoms with Crippen LogP contribution in [0.5, 0.6) is 0 Å². The number of nitrogens with zero attached hydrogens (tertiary/aromatic N) is 1. The van der Waals surface area contributed by atoms with Gasteiger partial charge >= 0.3 is 6.03 Å². The van der Waals surface area contributed by atoms with Crippen molar-refractivity contribution < 1.29 is 9.59 Å². The number of nitrogens with one attached hydrogen (secondary N) is 2. The third-order valence-electron chi connectivity index (χ3n) is 5.56. The van der Waals surface area contributed by atoms with Gasteiger partial charge in [0.05, 0.1) is 0 Å². The number of benzene rings is 2. The lowest BCUT2D eigenvalue weighted by Gasteiger charge is -2.38. The van der Waals surface area contributed by atoms with Crippen molar-refractivity contribution in [1.82, 2.24) is 15.5 Å². The number of likely N-dealkylation sites (tertiary alicyclic amines) is 1. The highest BCUT2D eigenvalue weighted by Gasteiger charge is 2.37. The predicted molar refractivity (Wildman–Crippen MR) is 111 cm³/mol. The molecule has 0 bridgehead atoms. The van der Waals surface area contributed by atoms with Gasteiger partial charge in [-0.15, -0.1) is 0 Å². The number of urea groups is 1. The highest BCUT2D eigenvalue weighted by atomic mass is 16.2. The smallest absolute Gasteiger partial charge is 0.317 e. The van der Waals surface area contributed by atoms with Crippen LogP contribution in [0, 0.1) is 12.3 Å². The molecule has 1 fully saturated rings. The lowest BCUT2D eigenvalue weighted by molar-refractivity contribution is -0.132. The Morgan fingerprint density at radius 1 is 0.893 bits per heavy atom. The number of hydrogen-bond donors (Lipinski definition) is 2. The normalized spacial score (nSPS) is 15.7. The maximum absolute atomic E-state index is 12.7. The fraction of sp³-hybridized carbons (Fsp3) is 0.391. The minimum absolute atomic E-state index is 0.0639. The fourth-order valence-electron chi connectivity index (χ4n) is 3.42. The van der Waals surface area contributed by atoms with Crippen LogP contribution in [0.25, 0.3) is 0 Å². The van der Waals surface area contributed by atoms with Crippen LogP contribution in [0.3, 0.4) is 0 Å². The number of aryl methyl sites for hydroxylation is 1. The van der Waals surface area contributed by atoms with E-state index in [2.05, 4.69) is 22.8 Å². The molecular formula is C23H29N3O2. The van der Waals surface area contributed by atoms with Gasteiger partial charge in [-0.3, -0.25) is 4.79 Å². The first-order valence-electron chi connectivity index (χ1n) is 9.87. The Morgan fingerprint density at radius 3 is 2.11 bits per heavy atom. The molecule has 3 rings (SSSR count). The molecule has 28 heavy (non-hydrogen) atoms. The van der Waals surface area contributed by atoms with Gasteiger partial charge in [0.1, 0.15) is 0 Å². The minimum atomic E-state index is -0.430. The van der Waals surface area contributed by atoms with E-state index in [1.807, 2.05) is 56.3 Å². The maximum atomic E-state index is 12.7. The highest BCUT2D eigenvalue weighted by molar-refractivity contribution is 5.83. The summed E-state index contributed by atoms with van der Waals surface area (Å²) in [5.74, 6) is 0.0671. The molecule has 0 spiro atoms. The summed E-state index contributed by atoms with van der Waals surface area (Å²) >= 11 is 0. The Bertz CT molecular complexity index is 794. The van der Waals surface area contributed by atoms with Crippen LogP contribution in [0.2, 0.25) is 0 Å². The molecule has 2 aromatic rings. The zero-order valence-corrected chi connectivity index (χ0v) is 16.7. The van der Waals surface area contributed by atoms with E-state index >= 15 is 0 Å². The Kier molecular flexibility index (Phi) is 6.34. The Hall–Kier alpha value is -2.82. The number of hydrogen-bond acceptors (Lipinski definition) is 2. The molecule has 0 aromatic heterocycles. The third-order valence-corrected chi connectivity index (χ3v) is 5.56. The molecule has 5 heteroatoms. The molecule has 0 saturated carbocycles. The third kappa shape index (κ3) is 5.12. The maximum Gasteiger partial charge on any atom is 0.317 e. The second kappa shape index (κ2) is 8.91. The molecule has 2 N–H and O–H groups in total. The summed E-state index contributed by atoms with van der Waals surface area (Å²) in [4.78, 5) is 26.9. The van der Waals surface area contributed by atoms with Gasteiger partial charge in [-0.05, 0) is 30.9 Å². The summed E-state index contributed by atoms with van der Waals surface area (Å²) in [5.41, 5.74) is 2.95. The zero-order valence-electron chi connectivity index (χ0n) is 16.7. The van der Waals surface area contributed by atoms with Gasteiger partial charge in [-0.2, -0.15) is 0 Å². The molecule has 3 amide bonds. The lowest BCUT2D eigenvalue weighted by Crippen LogP contribution is -2.50. The average Bonchev–Trinajstić information content (AvgIpc) is 2.72. The largest absolute Gasteiger partial charge is 0.352 e. The molecule has 0 atom stereocenters. The number of rotatable bonds is 5. The van der Waals surface area contributed by atoms with Crippen molar-refractivity contribution in [3.63, 3.8) is 0 Å². The first kappa shape index (κ1) is 19.9. The van der Waals surface area contributed by atoms with Crippen LogP contribution in [0.4, 0.5) is 4.79 Å². The molecular weight excluding hydrogens is 350 g/mol. The average molecular weight is 380 g/mol. The van der Waals surface area contributed by atoms with Crippen LogP contribution >= 0.6 is 0 Å². The summed E-state index contributed by atoms with van der Waals surface area (Å²) in [6, 6.07) is 18.0. The van der Waals surface area contributed by atoms with Crippen molar-refractivity contribution in [2.24, 2.45) is 5.41 Å². The number of amides is 3. The van der Waals surface area contributed by atoms with Gasteiger partial charge < -0.3 is 15.5 Å². The first-order valence-corrected chi connectivity index (χ1v) is 9.87. The Balaban J connectivity index is 1.45. The predicted octanol–water partition coefficient (Wildman–Crippen LogP) is 3.62. The van der Waals surface area contributed by atoms with E-state index in [9.17, 15) is 9.59 Å².